The van der Waals surface area contributed by atoms with Crippen molar-refractivity contribution in [3.8, 4) is 23.0 Å². The van der Waals surface area contributed by atoms with E-state index >= 15 is 0 Å². The number of nitrogens with zero attached hydrogens (tertiary/aromatic N) is 1. The Bertz CT molecular complexity index is 1060. The highest BCUT2D eigenvalue weighted by atomic mass is 16.7. The lowest BCUT2D eigenvalue weighted by Gasteiger charge is -2.26. The zero-order valence-corrected chi connectivity index (χ0v) is 20.8. The first kappa shape index (κ1) is 25.6. The van der Waals surface area contributed by atoms with Gasteiger partial charge in [0.25, 0.3) is 0 Å². The molecular formula is C27H34N2O7. The Morgan fingerprint density at radius 1 is 1.14 bits per heavy atom. The van der Waals surface area contributed by atoms with Gasteiger partial charge < -0.3 is 29.4 Å². The van der Waals surface area contributed by atoms with Crippen molar-refractivity contribution in [2.24, 2.45) is 5.92 Å². The number of rotatable bonds is 12. The van der Waals surface area contributed by atoms with E-state index in [2.05, 4.69) is 12.2 Å². The topological polar surface area (TPSA) is 107 Å². The number of carbonyl (C=O) groups is 2. The number of ether oxygens (including phenoxy) is 4. The van der Waals surface area contributed by atoms with E-state index in [9.17, 15) is 14.7 Å². The lowest BCUT2D eigenvalue weighted by atomic mass is 9.84. The second kappa shape index (κ2) is 12.0. The van der Waals surface area contributed by atoms with Gasteiger partial charge in [-0.25, -0.2) is 0 Å². The van der Waals surface area contributed by atoms with Crippen molar-refractivity contribution in [2.75, 3.05) is 40.1 Å². The number of benzene rings is 2. The molecule has 1 saturated heterocycles. The van der Waals surface area contributed by atoms with Gasteiger partial charge in [-0.15, -0.1) is 0 Å². The van der Waals surface area contributed by atoms with Crippen LogP contribution in [-0.4, -0.2) is 68.1 Å². The SMILES string of the molecule is CCCCNC(=O)CN1C[C@H](c2ccc3c(c2)OCO3)[C@@H](C(=O)O)[C@@H]1CCOc1ccccc1OC. The molecule has 2 aromatic carbocycles. The van der Waals surface area contributed by atoms with E-state index in [1.807, 2.05) is 47.4 Å². The number of carbonyl (C=O) groups excluding carboxylic acids is 1. The zero-order chi connectivity index (χ0) is 25.5. The monoisotopic (exact) mass is 498 g/mol. The summed E-state index contributed by atoms with van der Waals surface area (Å²) in [6, 6.07) is 12.5. The molecule has 2 aliphatic rings. The standard InChI is InChI=1S/C27H34N2O7/c1-3-4-12-28-25(30)16-29-15-19(18-9-10-23-24(14-18)36-17-35-23)26(27(31)32)20(29)11-13-34-22-8-6-5-7-21(22)33-2/h5-10,14,19-20,26H,3-4,11-13,15-17H2,1-2H3,(H,28,30)(H,31,32)/t19-,20+,26-/m1/s1. The molecule has 2 aliphatic heterocycles. The number of likely N-dealkylation sites (tertiary alicyclic amines) is 1. The first-order valence-electron chi connectivity index (χ1n) is 12.4. The van der Waals surface area contributed by atoms with Crippen LogP contribution in [0.2, 0.25) is 0 Å². The van der Waals surface area contributed by atoms with Crippen LogP contribution in [0, 0.1) is 5.92 Å². The van der Waals surface area contributed by atoms with Crippen LogP contribution < -0.4 is 24.3 Å². The summed E-state index contributed by atoms with van der Waals surface area (Å²) in [4.78, 5) is 27.2. The summed E-state index contributed by atoms with van der Waals surface area (Å²) >= 11 is 0. The number of hydrogen-bond donors (Lipinski definition) is 2. The average Bonchev–Trinajstić information content (AvgIpc) is 3.49. The number of fused-ring (bicyclic) bond motifs is 1. The van der Waals surface area contributed by atoms with E-state index in [1.165, 1.54) is 0 Å². The molecule has 0 aromatic heterocycles. The van der Waals surface area contributed by atoms with Crippen molar-refractivity contribution < 1.29 is 33.6 Å². The number of amides is 1. The number of nitrogens with one attached hydrogen (secondary N) is 1. The van der Waals surface area contributed by atoms with Gasteiger partial charge in [-0.05, 0) is 42.7 Å². The summed E-state index contributed by atoms with van der Waals surface area (Å²) < 4.78 is 22.3. The number of aliphatic carboxylic acids is 1. The van der Waals surface area contributed by atoms with Crippen molar-refractivity contribution >= 4 is 11.9 Å². The van der Waals surface area contributed by atoms with Crippen LogP contribution in [-0.2, 0) is 9.59 Å². The van der Waals surface area contributed by atoms with E-state index in [1.54, 1.807) is 7.11 Å². The van der Waals surface area contributed by atoms with Gasteiger partial charge in [0.05, 0.1) is 26.2 Å². The van der Waals surface area contributed by atoms with Crippen LogP contribution in [0.4, 0.5) is 0 Å². The first-order valence-corrected chi connectivity index (χ1v) is 12.4. The third-order valence-electron chi connectivity index (χ3n) is 6.80. The highest BCUT2D eigenvalue weighted by molar-refractivity contribution is 5.79. The summed E-state index contributed by atoms with van der Waals surface area (Å²) in [5.74, 6) is 0.460. The molecule has 0 bridgehead atoms. The van der Waals surface area contributed by atoms with Crippen LogP contribution in [0.15, 0.2) is 42.5 Å². The van der Waals surface area contributed by atoms with Crippen LogP contribution in [0.5, 0.6) is 23.0 Å². The number of methoxy groups -OCH3 is 1. The molecule has 0 aliphatic carbocycles. The summed E-state index contributed by atoms with van der Waals surface area (Å²) in [6.07, 6.45) is 2.33. The van der Waals surface area contributed by atoms with Crippen molar-refractivity contribution in [3.05, 3.63) is 48.0 Å². The normalized spacial score (nSPS) is 20.8. The van der Waals surface area contributed by atoms with E-state index < -0.39 is 11.9 Å². The maximum atomic E-state index is 12.7. The predicted octanol–water partition coefficient (Wildman–Crippen LogP) is 3.28. The Morgan fingerprint density at radius 3 is 2.67 bits per heavy atom. The minimum atomic E-state index is -0.895. The Balaban J connectivity index is 1.53. The molecule has 9 nitrogen and oxygen atoms in total. The molecule has 2 heterocycles. The summed E-state index contributed by atoms with van der Waals surface area (Å²) in [5, 5.41) is 13.2. The minimum absolute atomic E-state index is 0.102. The average molecular weight is 499 g/mol. The van der Waals surface area contributed by atoms with E-state index in [-0.39, 0.29) is 37.8 Å². The van der Waals surface area contributed by atoms with Gasteiger partial charge in [-0.1, -0.05) is 31.5 Å². The van der Waals surface area contributed by atoms with Crippen molar-refractivity contribution in [3.63, 3.8) is 0 Å². The summed E-state index contributed by atoms with van der Waals surface area (Å²) in [6.45, 7) is 3.69. The van der Waals surface area contributed by atoms with Crippen molar-refractivity contribution in [2.45, 2.75) is 38.1 Å². The van der Waals surface area contributed by atoms with Gasteiger partial charge in [0, 0.05) is 25.0 Å². The molecule has 9 heteroatoms. The molecule has 0 unspecified atom stereocenters. The molecule has 194 valence electrons. The fourth-order valence-corrected chi connectivity index (χ4v) is 5.01. The minimum Gasteiger partial charge on any atom is -0.493 e. The Kier molecular flexibility index (Phi) is 8.53. The van der Waals surface area contributed by atoms with Gasteiger partial charge in [0.2, 0.25) is 12.7 Å². The maximum Gasteiger partial charge on any atom is 0.308 e. The second-order valence-corrected chi connectivity index (χ2v) is 9.07. The highest BCUT2D eigenvalue weighted by Gasteiger charge is 2.47. The molecule has 2 N–H and O–H groups in total. The number of carboxylic acid groups (broad SMARTS) is 1. The number of hydrogen-bond acceptors (Lipinski definition) is 7. The van der Waals surface area contributed by atoms with Gasteiger partial charge in [0.1, 0.15) is 0 Å². The largest absolute Gasteiger partial charge is 0.493 e. The molecule has 36 heavy (non-hydrogen) atoms. The molecule has 1 fully saturated rings. The third kappa shape index (κ3) is 5.84. The number of unbranched alkanes of at least 4 members (excludes halogenated alkanes) is 1. The smallest absolute Gasteiger partial charge is 0.308 e. The predicted molar refractivity (Wildman–Crippen MR) is 133 cm³/mol. The van der Waals surface area contributed by atoms with Crippen LogP contribution >= 0.6 is 0 Å². The van der Waals surface area contributed by atoms with Gasteiger partial charge in [-0.3, -0.25) is 14.5 Å². The molecule has 4 rings (SSSR count). The molecule has 3 atom stereocenters. The molecular weight excluding hydrogens is 464 g/mol. The Morgan fingerprint density at radius 2 is 1.92 bits per heavy atom. The Hall–Kier alpha value is -3.46. The summed E-state index contributed by atoms with van der Waals surface area (Å²) in [7, 11) is 1.58. The van der Waals surface area contributed by atoms with Crippen LogP contribution in [0.1, 0.15) is 37.7 Å². The quantitative estimate of drug-likeness (QED) is 0.430. The maximum absolute atomic E-state index is 12.7. The molecule has 2 aromatic rings. The third-order valence-corrected chi connectivity index (χ3v) is 6.80. The lowest BCUT2D eigenvalue weighted by molar-refractivity contribution is -0.143. The van der Waals surface area contributed by atoms with Crippen molar-refractivity contribution in [1.82, 2.24) is 10.2 Å². The van der Waals surface area contributed by atoms with Crippen LogP contribution in [0.3, 0.4) is 0 Å². The highest BCUT2D eigenvalue weighted by Crippen LogP contribution is 2.42. The van der Waals surface area contributed by atoms with Crippen molar-refractivity contribution in [1.29, 1.82) is 0 Å². The second-order valence-electron chi connectivity index (χ2n) is 9.07. The van der Waals surface area contributed by atoms with Gasteiger partial charge >= 0.3 is 5.97 Å². The zero-order valence-electron chi connectivity index (χ0n) is 20.8. The molecule has 0 saturated carbocycles. The van der Waals surface area contributed by atoms with E-state index in [0.717, 1.165) is 18.4 Å². The Labute approximate surface area is 211 Å². The molecule has 0 spiro atoms. The summed E-state index contributed by atoms with van der Waals surface area (Å²) in [5.41, 5.74) is 0.858. The molecule has 1 amide bonds. The van der Waals surface area contributed by atoms with E-state index in [0.29, 0.717) is 42.5 Å². The number of para-hydroxylation sites is 2. The number of carboxylic acids is 1. The fourth-order valence-electron chi connectivity index (χ4n) is 5.01. The van der Waals surface area contributed by atoms with Crippen LogP contribution in [0.25, 0.3) is 0 Å². The van der Waals surface area contributed by atoms with Gasteiger partial charge in [-0.2, -0.15) is 0 Å². The first-order chi connectivity index (χ1) is 17.5. The fraction of sp³-hybridized carbons (Fsp3) is 0.481. The lowest BCUT2D eigenvalue weighted by Crippen LogP contribution is -2.43. The van der Waals surface area contributed by atoms with Gasteiger partial charge in [0.15, 0.2) is 23.0 Å². The molecule has 0 radical (unpaired) electrons. The van der Waals surface area contributed by atoms with E-state index in [4.69, 9.17) is 18.9 Å².